The molecule has 2 heterocycles. The van der Waals surface area contributed by atoms with Gasteiger partial charge in [0.25, 0.3) is 0 Å². The third-order valence-corrected chi connectivity index (χ3v) is 6.04. The molecule has 6 heteroatoms. The van der Waals surface area contributed by atoms with Crippen molar-refractivity contribution in [2.75, 3.05) is 32.9 Å². The first kappa shape index (κ1) is 19.9. The molecule has 1 aromatic heterocycles. The third kappa shape index (κ3) is 4.69. The molecule has 0 amide bonds. The number of aromatic amines is 1. The molecule has 1 saturated carbocycles. The van der Waals surface area contributed by atoms with Crippen LogP contribution < -0.4 is 25.1 Å². The van der Waals surface area contributed by atoms with E-state index in [9.17, 15) is 4.79 Å². The van der Waals surface area contributed by atoms with Crippen LogP contribution in [0.1, 0.15) is 30.7 Å². The van der Waals surface area contributed by atoms with Gasteiger partial charge in [-0.3, -0.25) is 4.79 Å². The second-order valence-corrected chi connectivity index (χ2v) is 8.31. The first-order chi connectivity index (χ1) is 15.3. The normalized spacial score (nSPS) is 19.4. The molecule has 0 radical (unpaired) electrons. The zero-order valence-electron chi connectivity index (χ0n) is 17.6. The topological polar surface area (TPSA) is 72.6 Å². The molecule has 5 rings (SSSR count). The number of unbranched alkanes of at least 4 members (excludes halogenated alkanes) is 1. The summed E-state index contributed by atoms with van der Waals surface area (Å²) in [7, 11) is 0. The summed E-state index contributed by atoms with van der Waals surface area (Å²) in [6.07, 6.45) is 3.27. The van der Waals surface area contributed by atoms with E-state index in [4.69, 9.17) is 14.2 Å². The average molecular weight is 421 g/mol. The summed E-state index contributed by atoms with van der Waals surface area (Å²) >= 11 is 0. The molecule has 1 aliphatic carbocycles. The van der Waals surface area contributed by atoms with Gasteiger partial charge in [0.15, 0.2) is 11.5 Å². The molecule has 31 heavy (non-hydrogen) atoms. The van der Waals surface area contributed by atoms with E-state index in [1.807, 2.05) is 30.3 Å². The molecule has 2 unspecified atom stereocenters. The molecule has 1 aliphatic heterocycles. The molecule has 1 fully saturated rings. The van der Waals surface area contributed by atoms with E-state index in [0.717, 1.165) is 54.1 Å². The highest BCUT2D eigenvalue weighted by atomic mass is 16.6. The van der Waals surface area contributed by atoms with Crippen molar-refractivity contribution >= 4 is 10.9 Å². The summed E-state index contributed by atoms with van der Waals surface area (Å²) in [5, 5.41) is 4.59. The van der Waals surface area contributed by atoms with Gasteiger partial charge >= 0.3 is 0 Å². The van der Waals surface area contributed by atoms with Gasteiger partial charge < -0.3 is 24.5 Å². The Hall–Kier alpha value is -2.99. The Balaban J connectivity index is 1.00. The van der Waals surface area contributed by atoms with Crippen molar-refractivity contribution in [1.82, 2.24) is 10.3 Å². The van der Waals surface area contributed by atoms with Crippen LogP contribution in [0.5, 0.6) is 17.2 Å². The number of nitrogens with one attached hydrogen (secondary N) is 2. The second-order valence-electron chi connectivity index (χ2n) is 8.31. The zero-order chi connectivity index (χ0) is 21.0. The van der Waals surface area contributed by atoms with Gasteiger partial charge in [-0.25, -0.2) is 0 Å². The van der Waals surface area contributed by atoms with E-state index in [1.54, 1.807) is 0 Å². The molecule has 3 aromatic rings. The zero-order valence-corrected chi connectivity index (χ0v) is 17.6. The molecule has 0 saturated heterocycles. The fourth-order valence-corrected chi connectivity index (χ4v) is 4.29. The number of hydrogen-bond acceptors (Lipinski definition) is 5. The SMILES string of the molecule is O=c1ccc2ccc(OCCCCNCC3CC3c3cccc4c3OCCO4)cc2[nH]1. The highest BCUT2D eigenvalue weighted by Crippen LogP contribution is 2.52. The van der Waals surface area contributed by atoms with Crippen molar-refractivity contribution in [2.24, 2.45) is 5.92 Å². The Morgan fingerprint density at radius 2 is 1.97 bits per heavy atom. The number of aromatic nitrogens is 1. The van der Waals surface area contributed by atoms with E-state index in [-0.39, 0.29) is 5.56 Å². The molecular weight excluding hydrogens is 392 g/mol. The lowest BCUT2D eigenvalue weighted by atomic mass is 10.1. The van der Waals surface area contributed by atoms with Crippen molar-refractivity contribution < 1.29 is 14.2 Å². The fourth-order valence-electron chi connectivity index (χ4n) is 4.29. The predicted octanol–water partition coefficient (Wildman–Crippen LogP) is 3.85. The lowest BCUT2D eigenvalue weighted by Gasteiger charge is -2.21. The Bertz CT molecular complexity index is 1110. The number of rotatable bonds is 9. The number of benzene rings is 2. The summed E-state index contributed by atoms with van der Waals surface area (Å²) < 4.78 is 17.4. The lowest BCUT2D eigenvalue weighted by Crippen LogP contribution is -2.19. The molecular formula is C25H28N2O4. The van der Waals surface area contributed by atoms with Crippen LogP contribution in [0.15, 0.2) is 53.3 Å². The van der Waals surface area contributed by atoms with Crippen molar-refractivity contribution in [1.29, 1.82) is 0 Å². The monoisotopic (exact) mass is 420 g/mol. The number of para-hydroxylation sites is 1. The van der Waals surface area contributed by atoms with Gasteiger partial charge in [0.2, 0.25) is 5.56 Å². The largest absolute Gasteiger partial charge is 0.494 e. The van der Waals surface area contributed by atoms with E-state index < -0.39 is 0 Å². The smallest absolute Gasteiger partial charge is 0.248 e. The minimum absolute atomic E-state index is 0.0957. The number of ether oxygens (including phenoxy) is 3. The van der Waals surface area contributed by atoms with Crippen LogP contribution in [-0.2, 0) is 0 Å². The Labute approximate surface area is 181 Å². The molecule has 2 aliphatic rings. The summed E-state index contributed by atoms with van der Waals surface area (Å²) in [4.78, 5) is 14.3. The second kappa shape index (κ2) is 9.02. The highest BCUT2D eigenvalue weighted by molar-refractivity contribution is 5.79. The Morgan fingerprint density at radius 1 is 1.06 bits per heavy atom. The van der Waals surface area contributed by atoms with Crippen molar-refractivity contribution in [2.45, 2.75) is 25.2 Å². The fraction of sp³-hybridized carbons (Fsp3) is 0.400. The molecule has 162 valence electrons. The molecule has 0 spiro atoms. The molecule has 2 aromatic carbocycles. The van der Waals surface area contributed by atoms with Gasteiger partial charge in [-0.15, -0.1) is 0 Å². The lowest BCUT2D eigenvalue weighted by molar-refractivity contribution is 0.170. The van der Waals surface area contributed by atoms with Gasteiger partial charge in [0.05, 0.1) is 12.1 Å². The first-order valence-electron chi connectivity index (χ1n) is 11.1. The summed E-state index contributed by atoms with van der Waals surface area (Å²) in [6.45, 7) is 3.97. The number of pyridine rings is 1. The molecule has 0 bridgehead atoms. The summed E-state index contributed by atoms with van der Waals surface area (Å²) in [5.74, 6) is 3.89. The minimum Gasteiger partial charge on any atom is -0.494 e. The van der Waals surface area contributed by atoms with Crippen LogP contribution in [0.4, 0.5) is 0 Å². The maximum atomic E-state index is 11.5. The van der Waals surface area contributed by atoms with Gasteiger partial charge in [-0.1, -0.05) is 12.1 Å². The van der Waals surface area contributed by atoms with Crippen molar-refractivity contribution in [3.8, 4) is 17.2 Å². The van der Waals surface area contributed by atoms with E-state index in [1.165, 1.54) is 18.1 Å². The molecule has 6 nitrogen and oxygen atoms in total. The van der Waals surface area contributed by atoms with Gasteiger partial charge in [0, 0.05) is 17.7 Å². The summed E-state index contributed by atoms with van der Waals surface area (Å²) in [6, 6.07) is 15.4. The quantitative estimate of drug-likeness (QED) is 0.515. The molecule has 2 atom stereocenters. The summed E-state index contributed by atoms with van der Waals surface area (Å²) in [5.41, 5.74) is 2.01. The highest BCUT2D eigenvalue weighted by Gasteiger charge is 2.40. The maximum Gasteiger partial charge on any atom is 0.248 e. The van der Waals surface area contributed by atoms with Crippen molar-refractivity contribution in [3.05, 3.63) is 64.4 Å². The Kier molecular flexibility index (Phi) is 5.80. The predicted molar refractivity (Wildman–Crippen MR) is 120 cm³/mol. The first-order valence-corrected chi connectivity index (χ1v) is 11.1. The minimum atomic E-state index is -0.0957. The standard InChI is InChI=1S/C25H28N2O4/c28-24-9-7-17-6-8-19(15-22(17)27-24)29-11-2-1-10-26-16-18-14-21(18)20-4-3-5-23-25(20)31-13-12-30-23/h3-9,15,18,21,26H,1-2,10-14,16H2,(H,27,28). The van der Waals surface area contributed by atoms with E-state index >= 15 is 0 Å². The van der Waals surface area contributed by atoms with Gasteiger partial charge in [0.1, 0.15) is 19.0 Å². The average Bonchev–Trinajstić information content (AvgIpc) is 3.57. The van der Waals surface area contributed by atoms with Gasteiger partial charge in [-0.05, 0) is 73.8 Å². The van der Waals surface area contributed by atoms with Crippen LogP contribution >= 0.6 is 0 Å². The van der Waals surface area contributed by atoms with E-state index in [0.29, 0.717) is 31.7 Å². The van der Waals surface area contributed by atoms with Crippen LogP contribution in [0.25, 0.3) is 10.9 Å². The van der Waals surface area contributed by atoms with Crippen LogP contribution in [0.2, 0.25) is 0 Å². The van der Waals surface area contributed by atoms with E-state index in [2.05, 4.69) is 22.4 Å². The number of fused-ring (bicyclic) bond motifs is 2. The maximum absolute atomic E-state index is 11.5. The van der Waals surface area contributed by atoms with Crippen LogP contribution in [-0.4, -0.2) is 37.9 Å². The number of hydrogen-bond donors (Lipinski definition) is 2. The van der Waals surface area contributed by atoms with Crippen molar-refractivity contribution in [3.63, 3.8) is 0 Å². The van der Waals surface area contributed by atoms with Gasteiger partial charge in [-0.2, -0.15) is 0 Å². The Morgan fingerprint density at radius 3 is 2.94 bits per heavy atom. The van der Waals surface area contributed by atoms with Crippen LogP contribution in [0, 0.1) is 5.92 Å². The number of H-pyrrole nitrogens is 1. The third-order valence-electron chi connectivity index (χ3n) is 6.04. The van der Waals surface area contributed by atoms with Crippen LogP contribution in [0.3, 0.4) is 0 Å². The molecule has 2 N–H and O–H groups in total.